The first-order chi connectivity index (χ1) is 39.4. The molecule has 6 aromatic rings. The Bertz CT molecular complexity index is 2290. The Kier molecular flexibility index (Phi) is 42.0. The molecule has 6 aliphatic heterocycles. The summed E-state index contributed by atoms with van der Waals surface area (Å²) in [5, 5.41) is 54.5. The Balaban J connectivity index is 0.000000959. The standard InChI is InChI=1S/3C8H12N4.3C7H6N5.3C3H8.CH4.3Os/c3*1-9-3-5-11(7-9)12-6-4-10(2)8-12;3*1-2-4-8-6(3-1)5-7-9-11-12-10-7;3*1-3-2;;;;/h3*3-8H,1-2H3;3*1-4H,5H2;3*3H2,1-2H3;1H4;;;/q3*-2;3*-1;;;;;;;. The van der Waals surface area contributed by atoms with Gasteiger partial charge in [0.15, 0.2) is 0 Å². The maximum atomic E-state index is 4.12. The van der Waals surface area contributed by atoms with E-state index in [0.29, 0.717) is 36.7 Å². The van der Waals surface area contributed by atoms with Crippen molar-refractivity contribution in [3.63, 3.8) is 0 Å². The summed E-state index contributed by atoms with van der Waals surface area (Å²) in [5.74, 6) is 1.82. The fraction of sp³-hybridized carbons (Fsp3) is 0.345. The third-order valence-electron chi connectivity index (χ3n) is 9.61. The second kappa shape index (κ2) is 46.0. The van der Waals surface area contributed by atoms with Crippen LogP contribution in [0.25, 0.3) is 0 Å². The zero-order chi connectivity index (χ0) is 58.5. The van der Waals surface area contributed by atoms with E-state index in [1.807, 2.05) is 271 Å². The van der Waals surface area contributed by atoms with Crippen LogP contribution in [0.15, 0.2) is 148 Å². The van der Waals surface area contributed by atoms with Crippen molar-refractivity contribution >= 4 is 0 Å². The molecule has 6 aromatic heterocycles. The number of hydrogen-bond acceptors (Lipinski definition) is 24. The van der Waals surface area contributed by atoms with E-state index in [1.165, 1.54) is 19.3 Å². The van der Waals surface area contributed by atoms with Crippen LogP contribution in [0.3, 0.4) is 0 Å². The number of hydrazine groups is 3. The molecule has 0 bridgehead atoms. The summed E-state index contributed by atoms with van der Waals surface area (Å²) >= 11 is 0. The van der Waals surface area contributed by atoms with Gasteiger partial charge in [-0.2, -0.15) is 15.6 Å². The van der Waals surface area contributed by atoms with Gasteiger partial charge in [-0.15, -0.1) is 40.0 Å². The molecular formula is C55H82N27Os3-9. The van der Waals surface area contributed by atoms with Crippen LogP contribution >= 0.6 is 0 Å². The second-order valence-electron chi connectivity index (χ2n) is 17.8. The summed E-state index contributed by atoms with van der Waals surface area (Å²) in [7, 11) is 12.0. The fourth-order valence-electron chi connectivity index (χ4n) is 6.14. The van der Waals surface area contributed by atoms with Gasteiger partial charge in [0.2, 0.25) is 0 Å². The van der Waals surface area contributed by atoms with Crippen molar-refractivity contribution in [1.82, 2.24) is 136 Å². The SMILES string of the molecule is C.CCC.CCC.CCC.CN1C=CN(N2C=CN(C)[CH-]2)[CH-]1.CN1C=CN(N2C=CN(C)[CH-]2)[CH-]1.CN1C=CN(N2C=CN(C)[CH-]2)[CH-]1.[Os].[Os].[Os].c1ccc(Cc2nnn[n-]2)nc1.c1ccc(Cc2nnn[n-]2)nc1.c1ccc(Cc2nnn[n-]2)nc1. The molecule has 6 aliphatic rings. The number of aromatic nitrogens is 15. The number of nitrogens with zero attached hydrogens (tertiary/aromatic N) is 27. The van der Waals surface area contributed by atoms with E-state index < -0.39 is 0 Å². The maximum Gasteiger partial charge on any atom is 0.0451 e. The van der Waals surface area contributed by atoms with Crippen molar-refractivity contribution in [3.05, 3.63) is 222 Å². The maximum absolute atomic E-state index is 4.12. The molecule has 30 heteroatoms. The number of pyridine rings is 3. The number of tetrazole rings is 3. The van der Waals surface area contributed by atoms with Gasteiger partial charge in [-0.3, -0.25) is 45.9 Å². The summed E-state index contributed by atoms with van der Waals surface area (Å²) in [6, 6.07) is 17.1. The molecule has 12 rings (SSSR count). The molecule has 470 valence electrons. The molecule has 0 atom stereocenters. The first-order valence-corrected chi connectivity index (χ1v) is 26.3. The monoisotopic (exact) mass is 1700 g/mol. The van der Waals surface area contributed by atoms with Gasteiger partial charge >= 0.3 is 0 Å². The Morgan fingerprint density at radius 3 is 0.659 bits per heavy atom. The topological polar surface area (TPSA) is 236 Å². The van der Waals surface area contributed by atoms with Gasteiger partial charge in [0.25, 0.3) is 0 Å². The van der Waals surface area contributed by atoms with Gasteiger partial charge in [-0.05, 0) is 116 Å². The molecule has 0 saturated carbocycles. The second-order valence-corrected chi connectivity index (χ2v) is 17.8. The predicted octanol–water partition coefficient (Wildman–Crippen LogP) is 6.05. The Labute approximate surface area is 544 Å². The minimum absolute atomic E-state index is 0. The fourth-order valence-corrected chi connectivity index (χ4v) is 6.14. The smallest absolute Gasteiger partial charge is 0.0451 e. The van der Waals surface area contributed by atoms with E-state index in [1.54, 1.807) is 18.6 Å². The molecule has 12 heterocycles. The van der Waals surface area contributed by atoms with E-state index in [9.17, 15) is 0 Å². The van der Waals surface area contributed by atoms with Crippen molar-refractivity contribution in [2.45, 2.75) is 87.5 Å². The molecule has 0 fully saturated rings. The van der Waals surface area contributed by atoms with Gasteiger partial charge < -0.3 is 74.7 Å². The van der Waals surface area contributed by atoms with Crippen LogP contribution in [0.2, 0.25) is 0 Å². The van der Waals surface area contributed by atoms with Crippen LogP contribution in [0, 0.1) is 40.0 Å². The van der Waals surface area contributed by atoms with Crippen LogP contribution in [-0.2, 0) is 78.6 Å². The molecule has 0 amide bonds. The Hall–Kier alpha value is -7.39. The molecule has 0 spiro atoms. The molecule has 0 aliphatic carbocycles. The quantitative estimate of drug-likeness (QED) is 0.150. The summed E-state index contributed by atoms with van der Waals surface area (Å²) < 4.78 is 0. The number of rotatable bonds is 9. The van der Waals surface area contributed by atoms with E-state index >= 15 is 0 Å². The normalized spacial score (nSPS) is 14.1. The first-order valence-electron chi connectivity index (χ1n) is 26.3. The minimum atomic E-state index is 0. The molecule has 85 heavy (non-hydrogen) atoms. The van der Waals surface area contributed by atoms with Crippen molar-refractivity contribution in [2.75, 3.05) is 42.3 Å². The molecule has 27 nitrogen and oxygen atoms in total. The average molecular weight is 1690 g/mol. The van der Waals surface area contributed by atoms with Crippen molar-refractivity contribution < 1.29 is 59.4 Å². The largest absolute Gasteiger partial charge is 0.509 e. The van der Waals surface area contributed by atoms with Gasteiger partial charge in [-0.25, -0.2) is 0 Å². The van der Waals surface area contributed by atoms with E-state index in [2.05, 4.69) is 118 Å². The van der Waals surface area contributed by atoms with Crippen molar-refractivity contribution in [1.29, 1.82) is 0 Å². The molecule has 0 unspecified atom stereocenters. The molecule has 0 radical (unpaired) electrons. The van der Waals surface area contributed by atoms with Crippen LogP contribution in [0.5, 0.6) is 0 Å². The average Bonchev–Trinajstić information content (AvgIpc) is 4.49. The van der Waals surface area contributed by atoms with Gasteiger partial charge in [0.1, 0.15) is 0 Å². The summed E-state index contributed by atoms with van der Waals surface area (Å²) in [6.07, 6.45) is 34.7. The zero-order valence-corrected chi connectivity index (χ0v) is 57.3. The van der Waals surface area contributed by atoms with Crippen molar-refractivity contribution in [2.24, 2.45) is 0 Å². The van der Waals surface area contributed by atoms with Gasteiger partial charge in [-0.1, -0.05) is 86.4 Å². The molecule has 0 aromatic carbocycles. The van der Waals surface area contributed by atoms with Crippen LogP contribution in [0.1, 0.15) is 103 Å². The van der Waals surface area contributed by atoms with E-state index in [-0.39, 0.29) is 66.8 Å². The Morgan fingerprint density at radius 2 is 0.529 bits per heavy atom. The van der Waals surface area contributed by atoms with Crippen LogP contribution in [-0.4, -0.2) is 163 Å². The molecule has 0 N–H and O–H groups in total. The Morgan fingerprint density at radius 1 is 0.329 bits per heavy atom. The third kappa shape index (κ3) is 31.9. The van der Waals surface area contributed by atoms with Crippen LogP contribution < -0.4 is 15.3 Å². The van der Waals surface area contributed by atoms with E-state index in [0.717, 1.165) is 17.1 Å². The molecular weight excluding hydrogens is 1610 g/mol. The summed E-state index contributed by atoms with van der Waals surface area (Å²) in [5.41, 5.74) is 2.77. The summed E-state index contributed by atoms with van der Waals surface area (Å²) in [4.78, 5) is 24.4. The minimum Gasteiger partial charge on any atom is -0.509 e. The predicted molar refractivity (Wildman–Crippen MR) is 313 cm³/mol. The van der Waals surface area contributed by atoms with Crippen molar-refractivity contribution in [3.8, 4) is 0 Å². The molecule has 0 saturated heterocycles. The number of hydrogen-bond donors (Lipinski definition) is 0. The first kappa shape index (κ1) is 77.6. The van der Waals surface area contributed by atoms with Gasteiger partial charge in [0.05, 0.1) is 0 Å². The van der Waals surface area contributed by atoms with E-state index in [4.69, 9.17) is 0 Å². The van der Waals surface area contributed by atoms with Crippen LogP contribution in [0.4, 0.5) is 0 Å². The zero-order valence-electron chi connectivity index (χ0n) is 49.7. The summed E-state index contributed by atoms with van der Waals surface area (Å²) in [6.45, 7) is 24.8. The van der Waals surface area contributed by atoms with Gasteiger partial charge in [0, 0.05) is 169 Å². The third-order valence-corrected chi connectivity index (χ3v) is 9.61.